The zero-order chi connectivity index (χ0) is 19.7. The number of nitro groups is 1. The average Bonchev–Trinajstić information content (AvgIpc) is 3.28. The third kappa shape index (κ3) is 3.49. The maximum Gasteiger partial charge on any atom is 0.344 e. The molecule has 0 N–H and O–H groups in total. The van der Waals surface area contributed by atoms with Crippen LogP contribution in [0.3, 0.4) is 0 Å². The number of carbonyl (C=O) groups excluding carboxylic acids is 1. The number of nitro benzene ring substituents is 1. The van der Waals surface area contributed by atoms with Gasteiger partial charge < -0.3 is 14.2 Å². The third-order valence-electron chi connectivity index (χ3n) is 4.71. The molecule has 27 heavy (non-hydrogen) atoms. The summed E-state index contributed by atoms with van der Waals surface area (Å²) in [4.78, 5) is 29.5. The highest BCUT2D eigenvalue weighted by Gasteiger charge is 2.33. The standard InChI is InChI=1S/C18H22N4O5/c1-10(2)17-19-16(20-27-17)14-6-5-7-21(14)12-8-11(3)15(22(24)25)13(9-12)18(23)26-4/h8-10,14H,5-7H2,1-4H3. The molecule has 1 aromatic heterocycles. The molecule has 1 aromatic carbocycles. The first-order valence-electron chi connectivity index (χ1n) is 8.81. The lowest BCUT2D eigenvalue weighted by Gasteiger charge is -2.25. The van der Waals surface area contributed by atoms with Crippen molar-refractivity contribution in [3.63, 3.8) is 0 Å². The number of benzene rings is 1. The van der Waals surface area contributed by atoms with E-state index in [1.54, 1.807) is 13.0 Å². The first-order chi connectivity index (χ1) is 12.8. The van der Waals surface area contributed by atoms with E-state index in [0.717, 1.165) is 19.4 Å². The van der Waals surface area contributed by atoms with Crippen molar-refractivity contribution in [2.45, 2.75) is 45.6 Å². The highest BCUT2D eigenvalue weighted by molar-refractivity contribution is 5.96. The van der Waals surface area contributed by atoms with Crippen LogP contribution in [-0.2, 0) is 4.74 Å². The topological polar surface area (TPSA) is 112 Å². The predicted molar refractivity (Wildman–Crippen MR) is 96.9 cm³/mol. The lowest BCUT2D eigenvalue weighted by atomic mass is 10.1. The summed E-state index contributed by atoms with van der Waals surface area (Å²) < 4.78 is 10.1. The Balaban J connectivity index is 2.02. The molecule has 2 heterocycles. The van der Waals surface area contributed by atoms with Crippen molar-refractivity contribution in [3.05, 3.63) is 45.1 Å². The minimum Gasteiger partial charge on any atom is -0.465 e. The monoisotopic (exact) mass is 374 g/mol. The van der Waals surface area contributed by atoms with Crippen LogP contribution in [0.1, 0.15) is 66.3 Å². The van der Waals surface area contributed by atoms with Crippen LogP contribution in [0.5, 0.6) is 0 Å². The van der Waals surface area contributed by atoms with Gasteiger partial charge in [-0.25, -0.2) is 4.79 Å². The van der Waals surface area contributed by atoms with Crippen LogP contribution in [-0.4, -0.2) is 34.7 Å². The molecule has 0 radical (unpaired) electrons. The summed E-state index contributed by atoms with van der Waals surface area (Å²) in [6.45, 7) is 6.30. The second-order valence-corrected chi connectivity index (χ2v) is 6.90. The SMILES string of the molecule is COC(=O)c1cc(N2CCCC2c2noc(C(C)C)n2)cc(C)c1[N+](=O)[O-]. The third-order valence-corrected chi connectivity index (χ3v) is 4.71. The van der Waals surface area contributed by atoms with E-state index in [-0.39, 0.29) is 23.2 Å². The van der Waals surface area contributed by atoms with Crippen LogP contribution in [0.4, 0.5) is 11.4 Å². The number of hydrogen-bond acceptors (Lipinski definition) is 8. The predicted octanol–water partition coefficient (Wildman–Crippen LogP) is 3.54. The molecule has 0 amide bonds. The van der Waals surface area contributed by atoms with Gasteiger partial charge in [-0.2, -0.15) is 4.98 Å². The Bertz CT molecular complexity index is 877. The number of ether oxygens (including phenoxy) is 1. The molecule has 1 unspecified atom stereocenters. The highest BCUT2D eigenvalue weighted by Crippen LogP contribution is 2.38. The normalized spacial score (nSPS) is 16.8. The summed E-state index contributed by atoms with van der Waals surface area (Å²) in [6.07, 6.45) is 1.75. The molecule has 1 aliphatic rings. The molecular formula is C18H22N4O5. The number of rotatable bonds is 5. The van der Waals surface area contributed by atoms with Gasteiger partial charge in [-0.1, -0.05) is 19.0 Å². The minimum atomic E-state index is -0.732. The van der Waals surface area contributed by atoms with Gasteiger partial charge in [-0.05, 0) is 31.9 Å². The fourth-order valence-corrected chi connectivity index (χ4v) is 3.40. The van der Waals surface area contributed by atoms with Crippen LogP contribution >= 0.6 is 0 Å². The fraction of sp³-hybridized carbons (Fsp3) is 0.500. The van der Waals surface area contributed by atoms with E-state index in [2.05, 4.69) is 15.0 Å². The quantitative estimate of drug-likeness (QED) is 0.444. The molecule has 0 saturated carbocycles. The number of aryl methyl sites for hydroxylation is 1. The number of aromatic nitrogens is 2. The van der Waals surface area contributed by atoms with E-state index in [1.165, 1.54) is 13.2 Å². The number of nitrogens with zero attached hydrogens (tertiary/aromatic N) is 4. The van der Waals surface area contributed by atoms with Crippen molar-refractivity contribution in [1.82, 2.24) is 10.1 Å². The molecule has 1 aliphatic heterocycles. The van der Waals surface area contributed by atoms with Crippen LogP contribution in [0.25, 0.3) is 0 Å². The summed E-state index contributed by atoms with van der Waals surface area (Å²) >= 11 is 0. The molecule has 2 aromatic rings. The van der Waals surface area contributed by atoms with Crippen LogP contribution in [0, 0.1) is 17.0 Å². The van der Waals surface area contributed by atoms with Gasteiger partial charge in [0.2, 0.25) is 5.89 Å². The molecule has 0 bridgehead atoms. The maximum absolute atomic E-state index is 12.1. The second kappa shape index (κ2) is 7.34. The largest absolute Gasteiger partial charge is 0.465 e. The average molecular weight is 374 g/mol. The number of hydrogen-bond donors (Lipinski definition) is 0. The molecule has 144 valence electrons. The molecule has 0 aliphatic carbocycles. The number of methoxy groups -OCH3 is 1. The molecule has 1 fully saturated rings. The Hall–Kier alpha value is -2.97. The van der Waals surface area contributed by atoms with Crippen LogP contribution in [0.2, 0.25) is 0 Å². The lowest BCUT2D eigenvalue weighted by Crippen LogP contribution is -2.24. The minimum absolute atomic E-state index is 0.0564. The van der Waals surface area contributed by atoms with Gasteiger partial charge in [0.25, 0.3) is 5.69 Å². The summed E-state index contributed by atoms with van der Waals surface area (Å²) in [5.74, 6) is 0.566. The van der Waals surface area contributed by atoms with Gasteiger partial charge in [-0.15, -0.1) is 0 Å². The van der Waals surface area contributed by atoms with Crippen molar-refractivity contribution in [2.75, 3.05) is 18.6 Å². The molecule has 9 nitrogen and oxygen atoms in total. The Morgan fingerprint density at radius 3 is 2.78 bits per heavy atom. The van der Waals surface area contributed by atoms with Gasteiger partial charge in [0, 0.05) is 23.7 Å². The van der Waals surface area contributed by atoms with Crippen LogP contribution in [0.15, 0.2) is 16.7 Å². The first-order valence-corrected chi connectivity index (χ1v) is 8.81. The Morgan fingerprint density at radius 2 is 2.19 bits per heavy atom. The Kier molecular flexibility index (Phi) is 5.11. The highest BCUT2D eigenvalue weighted by atomic mass is 16.6. The van der Waals surface area contributed by atoms with E-state index in [0.29, 0.717) is 23.0 Å². The molecule has 1 atom stereocenters. The van der Waals surface area contributed by atoms with Crippen molar-refractivity contribution < 1.29 is 19.0 Å². The second-order valence-electron chi connectivity index (χ2n) is 6.90. The zero-order valence-electron chi connectivity index (χ0n) is 15.8. The van der Waals surface area contributed by atoms with Gasteiger partial charge >= 0.3 is 5.97 Å². The van der Waals surface area contributed by atoms with E-state index in [1.807, 2.05) is 13.8 Å². The number of anilines is 1. The molecule has 3 rings (SSSR count). The van der Waals surface area contributed by atoms with E-state index in [9.17, 15) is 14.9 Å². The van der Waals surface area contributed by atoms with Crippen LogP contribution < -0.4 is 4.90 Å². The van der Waals surface area contributed by atoms with Crippen molar-refractivity contribution in [2.24, 2.45) is 0 Å². The zero-order valence-corrected chi connectivity index (χ0v) is 15.8. The molecular weight excluding hydrogens is 352 g/mol. The summed E-state index contributed by atoms with van der Waals surface area (Å²) in [5, 5.41) is 15.5. The van der Waals surface area contributed by atoms with Crippen molar-refractivity contribution >= 4 is 17.3 Å². The van der Waals surface area contributed by atoms with Gasteiger partial charge in [0.15, 0.2) is 5.82 Å². The Labute approximate surface area is 156 Å². The van der Waals surface area contributed by atoms with Gasteiger partial charge in [-0.3, -0.25) is 10.1 Å². The fourth-order valence-electron chi connectivity index (χ4n) is 3.40. The summed E-state index contributed by atoms with van der Waals surface area (Å²) in [5.41, 5.74) is 0.818. The maximum atomic E-state index is 12.1. The van der Waals surface area contributed by atoms with Gasteiger partial charge in [0.05, 0.1) is 18.1 Å². The summed E-state index contributed by atoms with van der Waals surface area (Å²) in [6, 6.07) is 3.12. The smallest absolute Gasteiger partial charge is 0.344 e. The number of carbonyl (C=O) groups is 1. The van der Waals surface area contributed by atoms with Gasteiger partial charge in [0.1, 0.15) is 5.56 Å². The van der Waals surface area contributed by atoms with Crippen molar-refractivity contribution in [3.8, 4) is 0 Å². The Morgan fingerprint density at radius 1 is 1.44 bits per heavy atom. The molecule has 1 saturated heterocycles. The lowest BCUT2D eigenvalue weighted by molar-refractivity contribution is -0.385. The van der Waals surface area contributed by atoms with E-state index >= 15 is 0 Å². The first kappa shape index (κ1) is 18.8. The molecule has 0 spiro atoms. The van der Waals surface area contributed by atoms with E-state index in [4.69, 9.17) is 9.26 Å². The van der Waals surface area contributed by atoms with Crippen molar-refractivity contribution in [1.29, 1.82) is 0 Å². The summed E-state index contributed by atoms with van der Waals surface area (Å²) in [7, 11) is 1.21. The van der Waals surface area contributed by atoms with E-state index < -0.39 is 10.9 Å². The molecule has 9 heteroatoms. The number of esters is 1.